The van der Waals surface area contributed by atoms with Gasteiger partial charge in [0.2, 0.25) is 5.89 Å². The number of methoxy groups -OCH3 is 1. The van der Waals surface area contributed by atoms with Gasteiger partial charge in [0.15, 0.2) is 0 Å². The van der Waals surface area contributed by atoms with Gasteiger partial charge in [-0.1, -0.05) is 6.92 Å². The minimum Gasteiger partial charge on any atom is -0.496 e. The van der Waals surface area contributed by atoms with Crippen molar-refractivity contribution in [1.82, 2.24) is 14.5 Å². The predicted octanol–water partition coefficient (Wildman–Crippen LogP) is 4.08. The monoisotopic (exact) mass is 325 g/mol. The van der Waals surface area contributed by atoms with Crippen LogP contribution in [0.25, 0.3) is 11.5 Å². The highest BCUT2D eigenvalue weighted by atomic mass is 16.5. The number of aromatic nitrogens is 3. The lowest BCUT2D eigenvalue weighted by molar-refractivity contribution is 0.411. The topological polar surface area (TPSA) is 53.1 Å². The Morgan fingerprint density at radius 1 is 1.17 bits per heavy atom. The smallest absolute Gasteiger partial charge is 0.226 e. The molecule has 126 valence electrons. The van der Waals surface area contributed by atoms with Gasteiger partial charge in [0.1, 0.15) is 23.0 Å². The van der Waals surface area contributed by atoms with Crippen LogP contribution in [0.15, 0.2) is 28.9 Å². The third kappa shape index (κ3) is 2.94. The van der Waals surface area contributed by atoms with Crippen molar-refractivity contribution >= 4 is 0 Å². The first kappa shape index (κ1) is 16.3. The van der Waals surface area contributed by atoms with Crippen molar-refractivity contribution in [3.8, 4) is 17.2 Å². The van der Waals surface area contributed by atoms with E-state index >= 15 is 0 Å². The van der Waals surface area contributed by atoms with Crippen molar-refractivity contribution in [2.75, 3.05) is 7.11 Å². The summed E-state index contributed by atoms with van der Waals surface area (Å²) in [6.45, 7) is 8.80. The molecule has 0 atom stereocenters. The fourth-order valence-corrected chi connectivity index (χ4v) is 2.89. The van der Waals surface area contributed by atoms with Crippen molar-refractivity contribution in [1.29, 1.82) is 0 Å². The molecular weight excluding hydrogens is 302 g/mol. The molecule has 0 radical (unpaired) electrons. The van der Waals surface area contributed by atoms with Gasteiger partial charge in [-0.2, -0.15) is 0 Å². The van der Waals surface area contributed by atoms with E-state index in [0.29, 0.717) is 12.4 Å². The maximum Gasteiger partial charge on any atom is 0.226 e. The van der Waals surface area contributed by atoms with Crippen LogP contribution in [0.4, 0.5) is 0 Å². The Kier molecular flexibility index (Phi) is 4.42. The first-order valence-electron chi connectivity index (χ1n) is 8.15. The second-order valence-electron chi connectivity index (χ2n) is 5.98. The number of imidazole rings is 1. The number of aryl methyl sites for hydroxylation is 4. The maximum atomic E-state index is 5.95. The summed E-state index contributed by atoms with van der Waals surface area (Å²) >= 11 is 0. The summed E-state index contributed by atoms with van der Waals surface area (Å²) < 4.78 is 13.4. The lowest BCUT2D eigenvalue weighted by Crippen LogP contribution is -2.04. The van der Waals surface area contributed by atoms with E-state index in [4.69, 9.17) is 14.1 Å². The van der Waals surface area contributed by atoms with Gasteiger partial charge in [0.05, 0.1) is 13.7 Å². The van der Waals surface area contributed by atoms with Crippen LogP contribution in [0.1, 0.15) is 35.3 Å². The number of ether oxygens (including phenoxy) is 1. The van der Waals surface area contributed by atoms with E-state index in [0.717, 1.165) is 46.1 Å². The highest BCUT2D eigenvalue weighted by Gasteiger charge is 2.16. The zero-order valence-electron chi connectivity index (χ0n) is 14.9. The second-order valence-corrected chi connectivity index (χ2v) is 5.98. The van der Waals surface area contributed by atoms with E-state index in [9.17, 15) is 0 Å². The quantitative estimate of drug-likeness (QED) is 0.709. The zero-order chi connectivity index (χ0) is 17.3. The summed E-state index contributed by atoms with van der Waals surface area (Å²) in [6, 6.07) is 4.09. The molecule has 0 aliphatic carbocycles. The minimum atomic E-state index is 0.656. The molecule has 0 aliphatic heterocycles. The summed E-state index contributed by atoms with van der Waals surface area (Å²) in [6.07, 6.45) is 4.70. The molecular formula is C19H23N3O2. The van der Waals surface area contributed by atoms with Gasteiger partial charge in [-0.05, 0) is 44.0 Å². The van der Waals surface area contributed by atoms with Crippen molar-refractivity contribution in [2.45, 2.75) is 40.7 Å². The van der Waals surface area contributed by atoms with E-state index in [-0.39, 0.29) is 0 Å². The Morgan fingerprint density at radius 2 is 1.96 bits per heavy atom. The van der Waals surface area contributed by atoms with Gasteiger partial charge in [-0.15, -0.1) is 0 Å². The van der Waals surface area contributed by atoms with E-state index < -0.39 is 0 Å². The first-order valence-corrected chi connectivity index (χ1v) is 8.15. The standard InChI is InChI=1S/C19H23N3O2/c1-6-18-20-7-8-22(18)11-16-14(4)24-19(21-16)15-9-13(3)17(23-5)10-12(15)2/h7-10H,6,11H2,1-5H3. The normalized spacial score (nSPS) is 11.0. The summed E-state index contributed by atoms with van der Waals surface area (Å²) in [5.41, 5.74) is 4.09. The van der Waals surface area contributed by atoms with Crippen LogP contribution in [-0.2, 0) is 13.0 Å². The molecule has 0 amide bonds. The Morgan fingerprint density at radius 3 is 2.67 bits per heavy atom. The number of nitrogens with zero attached hydrogens (tertiary/aromatic N) is 3. The van der Waals surface area contributed by atoms with E-state index in [1.807, 2.05) is 39.2 Å². The van der Waals surface area contributed by atoms with Gasteiger partial charge < -0.3 is 13.7 Å². The Balaban J connectivity index is 1.96. The van der Waals surface area contributed by atoms with E-state index in [1.165, 1.54) is 0 Å². The predicted molar refractivity (Wildman–Crippen MR) is 93.4 cm³/mol. The third-order valence-electron chi connectivity index (χ3n) is 4.30. The molecule has 0 bridgehead atoms. The number of rotatable bonds is 5. The summed E-state index contributed by atoms with van der Waals surface area (Å²) in [4.78, 5) is 9.09. The molecule has 0 unspecified atom stereocenters. The zero-order valence-corrected chi connectivity index (χ0v) is 14.9. The van der Waals surface area contributed by atoms with Crippen molar-refractivity contribution in [3.63, 3.8) is 0 Å². The average Bonchev–Trinajstić information content (AvgIpc) is 3.16. The summed E-state index contributed by atoms with van der Waals surface area (Å²) in [5, 5.41) is 0. The van der Waals surface area contributed by atoms with Gasteiger partial charge in [0.25, 0.3) is 0 Å². The van der Waals surface area contributed by atoms with Crippen LogP contribution in [0.2, 0.25) is 0 Å². The summed E-state index contributed by atoms with van der Waals surface area (Å²) in [5.74, 6) is 3.43. The highest BCUT2D eigenvalue weighted by Crippen LogP contribution is 2.30. The third-order valence-corrected chi connectivity index (χ3v) is 4.30. The molecule has 0 spiro atoms. The molecule has 1 aromatic carbocycles. The largest absolute Gasteiger partial charge is 0.496 e. The Hall–Kier alpha value is -2.56. The minimum absolute atomic E-state index is 0.656. The molecule has 5 nitrogen and oxygen atoms in total. The Labute approximate surface area is 142 Å². The fraction of sp³-hybridized carbons (Fsp3) is 0.368. The van der Waals surface area contributed by atoms with Gasteiger partial charge in [-0.25, -0.2) is 9.97 Å². The van der Waals surface area contributed by atoms with Crippen LogP contribution in [-0.4, -0.2) is 21.6 Å². The molecule has 5 heteroatoms. The highest BCUT2D eigenvalue weighted by molar-refractivity contribution is 5.62. The van der Waals surface area contributed by atoms with Gasteiger partial charge >= 0.3 is 0 Å². The second kappa shape index (κ2) is 6.51. The van der Waals surface area contributed by atoms with E-state index in [1.54, 1.807) is 7.11 Å². The van der Waals surface area contributed by atoms with Crippen molar-refractivity contribution in [2.24, 2.45) is 0 Å². The Bertz CT molecular complexity index is 862. The summed E-state index contributed by atoms with van der Waals surface area (Å²) in [7, 11) is 1.69. The maximum absolute atomic E-state index is 5.95. The molecule has 2 aromatic heterocycles. The molecule has 0 fully saturated rings. The lowest BCUT2D eigenvalue weighted by atomic mass is 10.0. The van der Waals surface area contributed by atoms with Crippen LogP contribution >= 0.6 is 0 Å². The average molecular weight is 325 g/mol. The number of benzene rings is 1. The molecule has 24 heavy (non-hydrogen) atoms. The molecule has 2 heterocycles. The fourth-order valence-electron chi connectivity index (χ4n) is 2.89. The van der Waals surface area contributed by atoms with Crippen LogP contribution in [0.5, 0.6) is 5.75 Å². The van der Waals surface area contributed by atoms with Gasteiger partial charge in [0, 0.05) is 24.4 Å². The van der Waals surface area contributed by atoms with Crippen molar-refractivity contribution in [3.05, 3.63) is 52.9 Å². The van der Waals surface area contributed by atoms with Crippen LogP contribution in [0, 0.1) is 20.8 Å². The van der Waals surface area contributed by atoms with Gasteiger partial charge in [-0.3, -0.25) is 0 Å². The molecule has 0 saturated heterocycles. The first-order chi connectivity index (χ1) is 11.5. The van der Waals surface area contributed by atoms with Crippen molar-refractivity contribution < 1.29 is 9.15 Å². The molecule has 0 N–H and O–H groups in total. The molecule has 0 aliphatic rings. The van der Waals surface area contributed by atoms with Crippen LogP contribution < -0.4 is 4.74 Å². The molecule has 0 saturated carbocycles. The van der Waals surface area contributed by atoms with E-state index in [2.05, 4.69) is 22.5 Å². The molecule has 3 aromatic rings. The lowest BCUT2D eigenvalue weighted by Gasteiger charge is -2.08. The number of hydrogen-bond acceptors (Lipinski definition) is 4. The number of oxazole rings is 1. The molecule has 3 rings (SSSR count). The SMILES string of the molecule is CCc1nccn1Cc1nc(-c2cc(C)c(OC)cc2C)oc1C. The van der Waals surface area contributed by atoms with Crippen LogP contribution in [0.3, 0.4) is 0 Å². The number of hydrogen-bond donors (Lipinski definition) is 0.